The normalized spacial score (nSPS) is 10.0. The molecule has 0 amide bonds. The lowest BCUT2D eigenvalue weighted by Crippen LogP contribution is -2.04. The van der Waals surface area contributed by atoms with E-state index in [0.29, 0.717) is 17.9 Å². The van der Waals surface area contributed by atoms with Gasteiger partial charge in [0.1, 0.15) is 12.0 Å². The van der Waals surface area contributed by atoms with E-state index in [4.69, 9.17) is 9.84 Å². The van der Waals surface area contributed by atoms with E-state index in [2.05, 4.69) is 0 Å². The van der Waals surface area contributed by atoms with Crippen LogP contribution in [0.2, 0.25) is 0 Å². The molecule has 1 N–H and O–H groups in total. The molecule has 16 heavy (non-hydrogen) atoms. The lowest BCUT2D eigenvalue weighted by molar-refractivity contribution is -0.133. The van der Waals surface area contributed by atoms with Gasteiger partial charge in [-0.1, -0.05) is 0 Å². The Balaban J connectivity index is 2.62. The number of carbonyl (C=O) groups excluding carboxylic acids is 2. The van der Waals surface area contributed by atoms with Crippen LogP contribution in [0.5, 0.6) is 5.75 Å². The first kappa shape index (κ1) is 11.6. The minimum atomic E-state index is -1.23. The van der Waals surface area contributed by atoms with Gasteiger partial charge in [0.25, 0.3) is 0 Å². The molecule has 0 bridgehead atoms. The second-order valence-electron chi connectivity index (χ2n) is 2.78. The average molecular weight is 220 g/mol. The van der Waals surface area contributed by atoms with E-state index in [1.54, 1.807) is 0 Å². The second-order valence-corrected chi connectivity index (χ2v) is 2.78. The van der Waals surface area contributed by atoms with Crippen LogP contribution in [0, 0.1) is 0 Å². The van der Waals surface area contributed by atoms with Gasteiger partial charge in [-0.15, -0.1) is 0 Å². The minimum absolute atomic E-state index is 0.241. The zero-order chi connectivity index (χ0) is 12.0. The monoisotopic (exact) mass is 220 g/mol. The number of carboxylic acid groups (broad SMARTS) is 1. The molecule has 0 atom stereocenters. The van der Waals surface area contributed by atoms with Crippen LogP contribution in [0.1, 0.15) is 10.4 Å². The highest BCUT2D eigenvalue weighted by atomic mass is 16.5. The fourth-order valence-electron chi connectivity index (χ4n) is 0.904. The van der Waals surface area contributed by atoms with Crippen molar-refractivity contribution in [2.45, 2.75) is 0 Å². The van der Waals surface area contributed by atoms with Crippen molar-refractivity contribution in [2.24, 2.45) is 0 Å². The Morgan fingerprint density at radius 3 is 2.25 bits per heavy atom. The molecule has 0 saturated heterocycles. The van der Waals surface area contributed by atoms with E-state index in [9.17, 15) is 14.4 Å². The van der Waals surface area contributed by atoms with Crippen LogP contribution in [0.25, 0.3) is 0 Å². The third kappa shape index (κ3) is 3.75. The van der Waals surface area contributed by atoms with Crippen LogP contribution in [-0.4, -0.2) is 23.3 Å². The number of hydrogen-bond acceptors (Lipinski definition) is 4. The Labute approximate surface area is 91.0 Å². The van der Waals surface area contributed by atoms with Crippen molar-refractivity contribution in [1.29, 1.82) is 0 Å². The van der Waals surface area contributed by atoms with Gasteiger partial charge in [0.05, 0.1) is 0 Å². The molecule has 1 aromatic rings. The van der Waals surface area contributed by atoms with Gasteiger partial charge in [-0.25, -0.2) is 9.59 Å². The van der Waals surface area contributed by atoms with Crippen LogP contribution >= 0.6 is 0 Å². The highest BCUT2D eigenvalue weighted by Gasteiger charge is 2.01. The van der Waals surface area contributed by atoms with Gasteiger partial charge in [0, 0.05) is 17.7 Å². The first-order valence-electron chi connectivity index (χ1n) is 4.30. The van der Waals surface area contributed by atoms with Crippen molar-refractivity contribution in [2.75, 3.05) is 0 Å². The van der Waals surface area contributed by atoms with Crippen LogP contribution in [0.3, 0.4) is 0 Å². The number of aldehydes is 1. The van der Waals surface area contributed by atoms with Crippen molar-refractivity contribution in [3.8, 4) is 5.75 Å². The van der Waals surface area contributed by atoms with Gasteiger partial charge < -0.3 is 9.84 Å². The first-order valence-corrected chi connectivity index (χ1v) is 4.30. The number of hydrogen-bond donors (Lipinski definition) is 1. The maximum absolute atomic E-state index is 11.0. The van der Waals surface area contributed by atoms with E-state index < -0.39 is 11.9 Å². The predicted molar refractivity (Wildman–Crippen MR) is 54.2 cm³/mol. The predicted octanol–water partition coefficient (Wildman–Crippen LogP) is 1.05. The topological polar surface area (TPSA) is 80.7 Å². The number of carboxylic acids is 1. The number of carbonyl (C=O) groups is 3. The smallest absolute Gasteiger partial charge is 0.336 e. The summed E-state index contributed by atoms with van der Waals surface area (Å²) in [5, 5.41) is 8.26. The molecule has 0 spiro atoms. The van der Waals surface area contributed by atoms with E-state index in [-0.39, 0.29) is 5.75 Å². The summed E-state index contributed by atoms with van der Waals surface area (Å²) in [5.41, 5.74) is 0.459. The summed E-state index contributed by atoms with van der Waals surface area (Å²) in [7, 11) is 0. The van der Waals surface area contributed by atoms with Crippen molar-refractivity contribution in [3.05, 3.63) is 42.0 Å². The maximum Gasteiger partial charge on any atom is 0.336 e. The highest BCUT2D eigenvalue weighted by Crippen LogP contribution is 2.11. The number of ether oxygens (including phenoxy) is 1. The third-order valence-electron chi connectivity index (χ3n) is 1.60. The molecule has 0 fully saturated rings. The summed E-state index contributed by atoms with van der Waals surface area (Å²) in [5.74, 6) is -1.78. The lowest BCUT2D eigenvalue weighted by Gasteiger charge is -2.00. The molecule has 0 aliphatic rings. The van der Waals surface area contributed by atoms with Crippen LogP contribution in [0.15, 0.2) is 36.4 Å². The third-order valence-corrected chi connectivity index (χ3v) is 1.60. The molecule has 1 aromatic carbocycles. The van der Waals surface area contributed by atoms with Gasteiger partial charge in [0.2, 0.25) is 0 Å². The number of benzene rings is 1. The maximum atomic E-state index is 11.0. The summed E-state index contributed by atoms with van der Waals surface area (Å²) in [4.78, 5) is 31.5. The van der Waals surface area contributed by atoms with E-state index in [1.807, 2.05) is 0 Å². The first-order chi connectivity index (χ1) is 7.61. The summed E-state index contributed by atoms with van der Waals surface area (Å²) in [6, 6.07) is 5.85. The molecule has 0 aliphatic heterocycles. The highest BCUT2D eigenvalue weighted by molar-refractivity contribution is 5.91. The molecule has 5 nitrogen and oxygen atoms in total. The van der Waals surface area contributed by atoms with Gasteiger partial charge >= 0.3 is 11.9 Å². The van der Waals surface area contributed by atoms with Gasteiger partial charge in [-0.2, -0.15) is 0 Å². The van der Waals surface area contributed by atoms with Crippen molar-refractivity contribution in [3.63, 3.8) is 0 Å². The van der Waals surface area contributed by atoms with Gasteiger partial charge in [-0.05, 0) is 24.3 Å². The molecular formula is C11H8O5. The largest absolute Gasteiger partial charge is 0.478 e. The SMILES string of the molecule is O=Cc1ccc(OC(=O)/C=C\C(=O)O)cc1. The van der Waals surface area contributed by atoms with E-state index in [1.165, 1.54) is 24.3 Å². The zero-order valence-electron chi connectivity index (χ0n) is 8.12. The van der Waals surface area contributed by atoms with Crippen LogP contribution in [0.4, 0.5) is 0 Å². The summed E-state index contributed by atoms with van der Waals surface area (Å²) < 4.78 is 4.76. The Hall–Kier alpha value is -2.43. The number of aliphatic carboxylic acids is 1. The zero-order valence-corrected chi connectivity index (χ0v) is 8.12. The molecule has 82 valence electrons. The molecular weight excluding hydrogens is 212 g/mol. The van der Waals surface area contributed by atoms with E-state index in [0.717, 1.165) is 6.08 Å². The number of esters is 1. The molecule has 0 saturated carbocycles. The minimum Gasteiger partial charge on any atom is -0.478 e. The van der Waals surface area contributed by atoms with Crippen LogP contribution in [-0.2, 0) is 9.59 Å². The molecule has 0 aromatic heterocycles. The quantitative estimate of drug-likeness (QED) is 0.355. The average Bonchev–Trinajstić information content (AvgIpc) is 2.27. The Morgan fingerprint density at radius 1 is 1.12 bits per heavy atom. The molecule has 0 radical (unpaired) electrons. The molecule has 5 heteroatoms. The molecule has 0 aliphatic carbocycles. The summed E-state index contributed by atoms with van der Waals surface area (Å²) >= 11 is 0. The summed E-state index contributed by atoms with van der Waals surface area (Å²) in [6.07, 6.45) is 2.15. The molecule has 0 unspecified atom stereocenters. The Kier molecular flexibility index (Phi) is 3.97. The second kappa shape index (κ2) is 5.45. The summed E-state index contributed by atoms with van der Waals surface area (Å²) in [6.45, 7) is 0. The van der Waals surface area contributed by atoms with Crippen LogP contribution < -0.4 is 4.74 Å². The molecule has 0 heterocycles. The Morgan fingerprint density at radius 2 is 1.75 bits per heavy atom. The van der Waals surface area contributed by atoms with Crippen molar-refractivity contribution >= 4 is 18.2 Å². The van der Waals surface area contributed by atoms with Crippen molar-refractivity contribution in [1.82, 2.24) is 0 Å². The fraction of sp³-hybridized carbons (Fsp3) is 0. The lowest BCUT2D eigenvalue weighted by atomic mass is 10.2. The van der Waals surface area contributed by atoms with E-state index >= 15 is 0 Å². The standard InChI is InChI=1S/C11H8O5/c12-7-8-1-3-9(4-2-8)16-11(15)6-5-10(13)14/h1-7H,(H,13,14)/b6-5-. The fourth-order valence-corrected chi connectivity index (χ4v) is 0.904. The van der Waals surface area contributed by atoms with Crippen molar-refractivity contribution < 1.29 is 24.2 Å². The Bertz CT molecular complexity index is 430. The van der Waals surface area contributed by atoms with Gasteiger partial charge in [-0.3, -0.25) is 4.79 Å². The van der Waals surface area contributed by atoms with Gasteiger partial charge in [0.15, 0.2) is 0 Å². The number of rotatable bonds is 4. The molecule has 1 rings (SSSR count).